The quantitative estimate of drug-likeness (QED) is 0.723. The van der Waals surface area contributed by atoms with Crippen LogP contribution in [0.1, 0.15) is 33.1 Å². The first-order chi connectivity index (χ1) is 6.77. The normalized spacial score (nSPS) is 35.4. The second kappa shape index (κ2) is 4.63. The molecule has 2 rings (SSSR count). The first kappa shape index (κ1) is 10.4. The van der Waals surface area contributed by atoms with Gasteiger partial charge in [-0.15, -0.1) is 0 Å². The Bertz CT molecular complexity index is 173. The molecule has 2 heterocycles. The number of nitrogens with one attached hydrogen (secondary N) is 1. The second-order valence-corrected chi connectivity index (χ2v) is 5.29. The Morgan fingerprint density at radius 1 is 1.29 bits per heavy atom. The molecule has 1 N–H and O–H groups in total. The largest absolute Gasteiger partial charge is 0.315 e. The molecular weight excluding hydrogens is 172 g/mol. The zero-order valence-corrected chi connectivity index (χ0v) is 9.63. The summed E-state index contributed by atoms with van der Waals surface area (Å²) in [6.07, 6.45) is 4.21. The van der Waals surface area contributed by atoms with Gasteiger partial charge in [0.1, 0.15) is 0 Å². The number of likely N-dealkylation sites (tertiary alicyclic amines) is 1. The molecule has 2 unspecified atom stereocenters. The van der Waals surface area contributed by atoms with Crippen LogP contribution >= 0.6 is 0 Å². The van der Waals surface area contributed by atoms with Gasteiger partial charge in [-0.05, 0) is 44.2 Å². The Morgan fingerprint density at radius 3 is 2.71 bits per heavy atom. The smallest absolute Gasteiger partial charge is 0.0221 e. The highest BCUT2D eigenvalue weighted by molar-refractivity contribution is 4.85. The van der Waals surface area contributed by atoms with E-state index >= 15 is 0 Å². The molecule has 2 saturated heterocycles. The van der Waals surface area contributed by atoms with Crippen molar-refractivity contribution in [1.29, 1.82) is 0 Å². The maximum Gasteiger partial charge on any atom is 0.0221 e. The van der Waals surface area contributed by atoms with Crippen molar-refractivity contribution < 1.29 is 0 Å². The fourth-order valence-electron chi connectivity index (χ4n) is 2.84. The summed E-state index contributed by atoms with van der Waals surface area (Å²) in [5, 5.41) is 3.51. The van der Waals surface area contributed by atoms with Gasteiger partial charge in [0.15, 0.2) is 0 Å². The lowest BCUT2D eigenvalue weighted by Crippen LogP contribution is -2.45. The minimum atomic E-state index is 0.840. The number of piperidine rings is 1. The van der Waals surface area contributed by atoms with Crippen LogP contribution in [-0.4, -0.2) is 37.1 Å². The van der Waals surface area contributed by atoms with E-state index in [4.69, 9.17) is 0 Å². The van der Waals surface area contributed by atoms with Crippen LogP contribution in [0, 0.1) is 11.8 Å². The number of nitrogens with zero attached hydrogens (tertiary/aromatic N) is 1. The SMILES string of the molecule is CC(C)C1CCN(C2CCCNC2)C1. The van der Waals surface area contributed by atoms with Gasteiger partial charge >= 0.3 is 0 Å². The molecule has 0 aromatic rings. The van der Waals surface area contributed by atoms with Crippen LogP contribution in [-0.2, 0) is 0 Å². The van der Waals surface area contributed by atoms with Gasteiger partial charge in [0.2, 0.25) is 0 Å². The molecule has 0 saturated carbocycles. The molecule has 0 aromatic heterocycles. The molecule has 2 heteroatoms. The molecule has 2 aliphatic rings. The highest BCUT2D eigenvalue weighted by Gasteiger charge is 2.30. The summed E-state index contributed by atoms with van der Waals surface area (Å²) in [5.41, 5.74) is 0. The molecule has 2 atom stereocenters. The summed E-state index contributed by atoms with van der Waals surface area (Å²) in [6.45, 7) is 9.89. The van der Waals surface area contributed by atoms with Crippen molar-refractivity contribution in [3.8, 4) is 0 Å². The van der Waals surface area contributed by atoms with Crippen molar-refractivity contribution in [2.75, 3.05) is 26.2 Å². The van der Waals surface area contributed by atoms with E-state index in [1.807, 2.05) is 0 Å². The Balaban J connectivity index is 1.82. The van der Waals surface area contributed by atoms with Crippen molar-refractivity contribution in [2.45, 2.75) is 39.2 Å². The lowest BCUT2D eigenvalue weighted by atomic mass is 9.95. The van der Waals surface area contributed by atoms with Crippen LogP contribution in [0.2, 0.25) is 0 Å². The third kappa shape index (κ3) is 2.29. The molecule has 2 nitrogen and oxygen atoms in total. The Labute approximate surface area is 88.1 Å². The lowest BCUT2D eigenvalue weighted by Gasteiger charge is -2.31. The molecule has 0 aromatic carbocycles. The van der Waals surface area contributed by atoms with Gasteiger partial charge in [0.25, 0.3) is 0 Å². The van der Waals surface area contributed by atoms with Crippen LogP contribution in [0.25, 0.3) is 0 Å². The van der Waals surface area contributed by atoms with E-state index in [0.29, 0.717) is 0 Å². The molecular formula is C12H24N2. The minimum Gasteiger partial charge on any atom is -0.315 e. The van der Waals surface area contributed by atoms with Gasteiger partial charge in [-0.1, -0.05) is 13.8 Å². The number of hydrogen-bond donors (Lipinski definition) is 1. The topological polar surface area (TPSA) is 15.3 Å². The van der Waals surface area contributed by atoms with Gasteiger partial charge in [0, 0.05) is 19.1 Å². The van der Waals surface area contributed by atoms with Gasteiger partial charge in [-0.3, -0.25) is 4.90 Å². The average Bonchev–Trinajstić information content (AvgIpc) is 2.68. The lowest BCUT2D eigenvalue weighted by molar-refractivity contribution is 0.190. The highest BCUT2D eigenvalue weighted by atomic mass is 15.2. The molecule has 0 bridgehead atoms. The Morgan fingerprint density at radius 2 is 2.14 bits per heavy atom. The van der Waals surface area contributed by atoms with Crippen LogP contribution in [0.15, 0.2) is 0 Å². The summed E-state index contributed by atoms with van der Waals surface area (Å²) < 4.78 is 0. The zero-order valence-electron chi connectivity index (χ0n) is 9.63. The second-order valence-electron chi connectivity index (χ2n) is 5.29. The van der Waals surface area contributed by atoms with Crippen LogP contribution < -0.4 is 5.32 Å². The van der Waals surface area contributed by atoms with Crippen LogP contribution in [0.3, 0.4) is 0 Å². The number of hydrogen-bond acceptors (Lipinski definition) is 2. The van der Waals surface area contributed by atoms with Crippen LogP contribution in [0.5, 0.6) is 0 Å². The van der Waals surface area contributed by atoms with E-state index in [9.17, 15) is 0 Å². The van der Waals surface area contributed by atoms with E-state index in [1.165, 1.54) is 45.4 Å². The third-order valence-electron chi connectivity index (χ3n) is 3.99. The fraction of sp³-hybridized carbons (Fsp3) is 1.00. The average molecular weight is 196 g/mol. The minimum absolute atomic E-state index is 0.840. The molecule has 14 heavy (non-hydrogen) atoms. The molecule has 0 spiro atoms. The standard InChI is InChI=1S/C12H24N2/c1-10(2)11-5-7-14(9-11)12-4-3-6-13-8-12/h10-13H,3-9H2,1-2H3. The maximum atomic E-state index is 3.51. The van der Waals surface area contributed by atoms with Crippen LogP contribution in [0.4, 0.5) is 0 Å². The summed E-state index contributed by atoms with van der Waals surface area (Å²) in [7, 11) is 0. The van der Waals surface area contributed by atoms with E-state index in [0.717, 1.165) is 17.9 Å². The highest BCUT2D eigenvalue weighted by Crippen LogP contribution is 2.26. The molecule has 0 amide bonds. The maximum absolute atomic E-state index is 3.51. The van der Waals surface area contributed by atoms with Crippen molar-refractivity contribution in [3.63, 3.8) is 0 Å². The molecule has 2 aliphatic heterocycles. The Hall–Kier alpha value is -0.0800. The Kier molecular flexibility index (Phi) is 3.45. The van der Waals surface area contributed by atoms with Gasteiger partial charge < -0.3 is 5.32 Å². The monoisotopic (exact) mass is 196 g/mol. The first-order valence-corrected chi connectivity index (χ1v) is 6.22. The zero-order chi connectivity index (χ0) is 9.97. The molecule has 0 aliphatic carbocycles. The van der Waals surface area contributed by atoms with Gasteiger partial charge in [-0.25, -0.2) is 0 Å². The third-order valence-corrected chi connectivity index (χ3v) is 3.99. The van der Waals surface area contributed by atoms with E-state index < -0.39 is 0 Å². The van der Waals surface area contributed by atoms with E-state index in [2.05, 4.69) is 24.1 Å². The van der Waals surface area contributed by atoms with Gasteiger partial charge in [-0.2, -0.15) is 0 Å². The van der Waals surface area contributed by atoms with Gasteiger partial charge in [0.05, 0.1) is 0 Å². The summed E-state index contributed by atoms with van der Waals surface area (Å²) in [4.78, 5) is 2.72. The summed E-state index contributed by atoms with van der Waals surface area (Å²) in [5.74, 6) is 1.83. The predicted octanol–water partition coefficient (Wildman–Crippen LogP) is 1.72. The summed E-state index contributed by atoms with van der Waals surface area (Å²) >= 11 is 0. The fourth-order valence-corrected chi connectivity index (χ4v) is 2.84. The van der Waals surface area contributed by atoms with Crippen molar-refractivity contribution in [1.82, 2.24) is 10.2 Å². The molecule has 0 radical (unpaired) electrons. The van der Waals surface area contributed by atoms with Crippen molar-refractivity contribution >= 4 is 0 Å². The van der Waals surface area contributed by atoms with E-state index in [-0.39, 0.29) is 0 Å². The predicted molar refractivity (Wildman–Crippen MR) is 60.4 cm³/mol. The number of rotatable bonds is 2. The summed E-state index contributed by atoms with van der Waals surface area (Å²) in [6, 6.07) is 0.840. The van der Waals surface area contributed by atoms with Crippen molar-refractivity contribution in [3.05, 3.63) is 0 Å². The van der Waals surface area contributed by atoms with Crippen molar-refractivity contribution in [2.24, 2.45) is 11.8 Å². The first-order valence-electron chi connectivity index (χ1n) is 6.22. The molecule has 82 valence electrons. The van der Waals surface area contributed by atoms with E-state index in [1.54, 1.807) is 0 Å². The molecule has 2 fully saturated rings.